The van der Waals surface area contributed by atoms with Gasteiger partial charge in [-0.15, -0.1) is 0 Å². The molecule has 0 aliphatic carbocycles. The first-order valence-corrected chi connectivity index (χ1v) is 27.2. The molecule has 0 aliphatic heterocycles. The Morgan fingerprint density at radius 1 is 0.359 bits per heavy atom. The Kier molecular flexibility index (Phi) is 49.0. The molecule has 9 amide bonds. The maximum absolute atomic E-state index is 13.1. The molecule has 0 aromatic rings. The number of ether oxygens (including phenoxy) is 8. The fourth-order valence-corrected chi connectivity index (χ4v) is 6.78. The molecule has 0 unspecified atom stereocenters. The van der Waals surface area contributed by atoms with Crippen LogP contribution in [-0.4, -0.2) is 230 Å². The van der Waals surface area contributed by atoms with E-state index >= 15 is 0 Å². The maximum Gasteiger partial charge on any atom is 0.246 e. The second-order valence-electron chi connectivity index (χ2n) is 17.6. The van der Waals surface area contributed by atoms with Crippen molar-refractivity contribution >= 4 is 53.2 Å². The largest absolute Gasteiger partial charge is 0.379 e. The molecule has 0 saturated heterocycles. The minimum atomic E-state index is -0.860. The Hall–Kier alpha value is -5.17. The fourth-order valence-electron chi connectivity index (χ4n) is 6.78. The average molecular weight is 1130 g/mol. The molecule has 28 nitrogen and oxygen atoms in total. The lowest BCUT2D eigenvalue weighted by Gasteiger charge is -2.19. The number of hydrogen-bond acceptors (Lipinski definition) is 19. The quantitative estimate of drug-likeness (QED) is 0.0267. The highest BCUT2D eigenvalue weighted by molar-refractivity contribution is 5.88. The summed E-state index contributed by atoms with van der Waals surface area (Å²) in [5.74, 6) is -3.03. The average Bonchev–Trinajstić information content (AvgIpc) is 3.40. The van der Waals surface area contributed by atoms with Gasteiger partial charge in [-0.1, -0.05) is 6.92 Å². The third-order valence-electron chi connectivity index (χ3n) is 11.0. The van der Waals surface area contributed by atoms with Crippen molar-refractivity contribution in [2.24, 2.45) is 11.5 Å². The van der Waals surface area contributed by atoms with E-state index in [0.717, 1.165) is 12.8 Å². The van der Waals surface area contributed by atoms with Crippen LogP contribution in [-0.2, 0) is 81.0 Å². The summed E-state index contributed by atoms with van der Waals surface area (Å²) in [5.41, 5.74) is 10.7. The van der Waals surface area contributed by atoms with Crippen LogP contribution >= 0.6 is 0 Å². The lowest BCUT2D eigenvalue weighted by atomic mass is 10.1. The molecule has 3 atom stereocenters. The number of likely N-dealkylation sites (N-methyl/N-ethyl adjacent to an activating group) is 2. The summed E-state index contributed by atoms with van der Waals surface area (Å²) in [5, 5.41) is 24.9. The van der Waals surface area contributed by atoms with Gasteiger partial charge in [0.1, 0.15) is 32.5 Å². The van der Waals surface area contributed by atoms with Gasteiger partial charge in [0.15, 0.2) is 0 Å². The van der Waals surface area contributed by atoms with Gasteiger partial charge in [0, 0.05) is 60.1 Å². The Balaban J connectivity index is 0. The predicted molar refractivity (Wildman–Crippen MR) is 288 cm³/mol. The molecule has 28 heteroatoms. The van der Waals surface area contributed by atoms with Gasteiger partial charge in [0.2, 0.25) is 53.2 Å². The Morgan fingerprint density at radius 3 is 1.06 bits per heavy atom. The van der Waals surface area contributed by atoms with Gasteiger partial charge < -0.3 is 97.2 Å². The van der Waals surface area contributed by atoms with Crippen molar-refractivity contribution in [2.45, 2.75) is 109 Å². The van der Waals surface area contributed by atoms with E-state index in [9.17, 15) is 43.2 Å². The maximum atomic E-state index is 13.1. The van der Waals surface area contributed by atoms with E-state index < -0.39 is 29.8 Å². The fraction of sp³-hybridized carbons (Fsp3) is 0.820. The van der Waals surface area contributed by atoms with E-state index in [0.29, 0.717) is 97.2 Å². The normalized spacial score (nSPS) is 12.2. The highest BCUT2D eigenvalue weighted by Gasteiger charge is 2.21. The first kappa shape index (κ1) is 72.8. The third kappa shape index (κ3) is 46.9. The van der Waals surface area contributed by atoms with Crippen molar-refractivity contribution in [3.63, 3.8) is 0 Å². The molecular weight excluding hydrogens is 1030 g/mol. The monoisotopic (exact) mass is 1120 g/mol. The number of unbranched alkanes of at least 4 members (excludes halogenated alkanes) is 3. The van der Waals surface area contributed by atoms with Crippen molar-refractivity contribution in [1.29, 1.82) is 0 Å². The van der Waals surface area contributed by atoms with E-state index in [2.05, 4.69) is 47.9 Å². The molecule has 0 fully saturated rings. The number of nitrogens with one attached hydrogen (secondary N) is 9. The van der Waals surface area contributed by atoms with E-state index in [-0.39, 0.29) is 161 Å². The van der Waals surface area contributed by atoms with E-state index in [1.54, 1.807) is 14.1 Å². The number of primary amides is 2. The van der Waals surface area contributed by atoms with Crippen LogP contribution in [0.25, 0.3) is 0 Å². The summed E-state index contributed by atoms with van der Waals surface area (Å²) in [6.07, 6.45) is 6.63. The summed E-state index contributed by atoms with van der Waals surface area (Å²) < 4.78 is 42.8. The standard InChI is InChI=1S/C50H95N11O17.H2/c1-4-23-71-27-31-75-36-45(65)58-22-26-74-30-34-78-38-47(67)61-41(50(70)60-19-10-6-13-40(54-3)49(52)69)14-7-9-17-55-42(62)15-11-16-43(63)57-20-24-72-28-33-77-37-46(66)59-21-25-73-29-32-76-35-44(64)56-18-8-5-12-39(53-2)48(51)68;/h39-41,53-54H,4-38H2,1-3H3,(H2,51,68)(H2,52,69)(H,55,62)(H,56,64)(H,57,63)(H,58,65)(H,59,66)(H,60,70)(H,61,67);1H/t39-,40-,41-;/m0./s1/i;1+1. The first-order chi connectivity index (χ1) is 37.7. The minimum absolute atomic E-state index is 0. The Labute approximate surface area is 461 Å². The molecule has 0 aliphatic rings. The molecule has 13 N–H and O–H groups in total. The summed E-state index contributed by atoms with van der Waals surface area (Å²) in [6.45, 7) is 6.52. The number of carbonyl (C=O) groups excluding carboxylic acids is 9. The smallest absolute Gasteiger partial charge is 0.246 e. The van der Waals surface area contributed by atoms with Crippen molar-refractivity contribution in [3.05, 3.63) is 0 Å². The number of carbonyl (C=O) groups is 9. The zero-order valence-corrected chi connectivity index (χ0v) is 46.6. The highest BCUT2D eigenvalue weighted by Crippen LogP contribution is 2.05. The number of amides is 9. The Morgan fingerprint density at radius 2 is 0.679 bits per heavy atom. The van der Waals surface area contributed by atoms with Crippen LogP contribution in [0.5, 0.6) is 0 Å². The number of nitrogens with two attached hydrogens (primary N) is 2. The SMILES string of the molecule is CCCOCCOCC(=O)NCCOCCOCC(=O)N[C@@H](CCCCNC(=O)CCCC(=O)NCCOCCOCC(=O)NCCOCCOCC(=O)NCCCC[C@H](NC)C(N)=O)C(=O)NCCCC[C@H](NC)C(N)=O.[2HH]. The van der Waals surface area contributed by atoms with Gasteiger partial charge in [-0.3, -0.25) is 43.2 Å². The summed E-state index contributed by atoms with van der Waals surface area (Å²) in [4.78, 5) is 109. The van der Waals surface area contributed by atoms with E-state index in [4.69, 9.17) is 49.4 Å². The second kappa shape index (κ2) is 52.5. The lowest BCUT2D eigenvalue weighted by Crippen LogP contribution is -2.48. The van der Waals surface area contributed by atoms with Crippen LogP contribution in [0, 0.1) is 0 Å². The topological polar surface area (TPSA) is 388 Å². The molecular formula is C50H97N11O17. The van der Waals surface area contributed by atoms with Gasteiger partial charge in [0.25, 0.3) is 0 Å². The van der Waals surface area contributed by atoms with Crippen LogP contribution in [0.2, 0.25) is 0 Å². The molecule has 78 heavy (non-hydrogen) atoms. The molecule has 454 valence electrons. The van der Waals surface area contributed by atoms with Gasteiger partial charge in [0.05, 0.1) is 84.8 Å². The molecule has 0 aromatic carbocycles. The lowest BCUT2D eigenvalue weighted by molar-refractivity contribution is -0.132. The highest BCUT2D eigenvalue weighted by atomic mass is 16.5. The van der Waals surface area contributed by atoms with E-state index in [1.165, 1.54) is 0 Å². The minimum Gasteiger partial charge on any atom is -0.379 e. The van der Waals surface area contributed by atoms with Crippen LogP contribution < -0.4 is 59.3 Å². The zero-order valence-electron chi connectivity index (χ0n) is 46.6. The van der Waals surface area contributed by atoms with Gasteiger partial charge >= 0.3 is 0 Å². The third-order valence-corrected chi connectivity index (χ3v) is 11.0. The Bertz CT molecular complexity index is 1650. The summed E-state index contributed by atoms with van der Waals surface area (Å²) >= 11 is 0. The van der Waals surface area contributed by atoms with Crippen molar-refractivity contribution in [1.82, 2.24) is 47.9 Å². The summed E-state index contributed by atoms with van der Waals surface area (Å²) in [6, 6.07) is -1.71. The van der Waals surface area contributed by atoms with Gasteiger partial charge in [-0.05, 0) is 84.7 Å². The van der Waals surface area contributed by atoms with Crippen LogP contribution in [0.15, 0.2) is 0 Å². The van der Waals surface area contributed by atoms with Crippen molar-refractivity contribution < 1.29 is 82.5 Å². The van der Waals surface area contributed by atoms with Gasteiger partial charge in [-0.2, -0.15) is 0 Å². The molecule has 0 heterocycles. The van der Waals surface area contributed by atoms with Gasteiger partial charge in [-0.25, -0.2) is 0 Å². The molecule has 0 spiro atoms. The van der Waals surface area contributed by atoms with Crippen LogP contribution in [0.3, 0.4) is 0 Å². The number of rotatable bonds is 56. The van der Waals surface area contributed by atoms with Crippen molar-refractivity contribution in [2.75, 3.05) is 159 Å². The predicted octanol–water partition coefficient (Wildman–Crippen LogP) is -3.22. The second-order valence-corrected chi connectivity index (χ2v) is 17.6. The molecule has 0 radical (unpaired) electrons. The molecule has 0 bridgehead atoms. The summed E-state index contributed by atoms with van der Waals surface area (Å²) in [7, 11) is 3.32. The molecule has 0 saturated carbocycles. The zero-order chi connectivity index (χ0) is 57.7. The van der Waals surface area contributed by atoms with E-state index in [1.807, 2.05) is 6.92 Å². The van der Waals surface area contributed by atoms with Crippen molar-refractivity contribution in [3.8, 4) is 0 Å². The molecule has 0 rings (SSSR count). The van der Waals surface area contributed by atoms with Crippen LogP contribution in [0.4, 0.5) is 0 Å². The molecule has 0 aromatic heterocycles. The van der Waals surface area contributed by atoms with Crippen LogP contribution in [0.1, 0.15) is 91.8 Å². The number of hydrogen-bond donors (Lipinski definition) is 11. The first-order valence-electron chi connectivity index (χ1n) is 27.2.